The lowest BCUT2D eigenvalue weighted by molar-refractivity contribution is 0.545. The van der Waals surface area contributed by atoms with Gasteiger partial charge in [0.15, 0.2) is 0 Å². The summed E-state index contributed by atoms with van der Waals surface area (Å²) in [6, 6.07) is 6.95. The molecular weight excluding hydrogens is 253 g/mol. The molecule has 4 heteroatoms. The maximum absolute atomic E-state index is 13.0. The van der Waals surface area contributed by atoms with E-state index in [2.05, 4.69) is 24.3 Å². The molecule has 1 aromatic heterocycles. The van der Waals surface area contributed by atoms with Crippen LogP contribution in [0.1, 0.15) is 35.0 Å². The molecule has 0 bridgehead atoms. The molecule has 0 saturated carbocycles. The highest BCUT2D eigenvalue weighted by atomic mass is 19.1. The molecule has 1 atom stereocenters. The van der Waals surface area contributed by atoms with Gasteiger partial charge in [-0.2, -0.15) is 5.10 Å². The highest BCUT2D eigenvalue weighted by Gasteiger charge is 2.14. The topological polar surface area (TPSA) is 29.9 Å². The van der Waals surface area contributed by atoms with E-state index in [4.69, 9.17) is 0 Å². The van der Waals surface area contributed by atoms with Gasteiger partial charge in [0.2, 0.25) is 0 Å². The van der Waals surface area contributed by atoms with Crippen LogP contribution in [-0.4, -0.2) is 16.8 Å². The predicted octanol–water partition coefficient (Wildman–Crippen LogP) is 3.07. The number of nitrogens with one attached hydrogen (secondary N) is 1. The SMILES string of the molecule is CNC(CCc1c(C)nn(C)c1C)c1ccc(F)cc1. The van der Waals surface area contributed by atoms with Gasteiger partial charge in [0.1, 0.15) is 5.82 Å². The molecule has 2 rings (SSSR count). The normalized spacial score (nSPS) is 12.7. The van der Waals surface area contributed by atoms with Gasteiger partial charge >= 0.3 is 0 Å². The fourth-order valence-corrected chi connectivity index (χ4v) is 2.64. The van der Waals surface area contributed by atoms with Crippen LogP contribution in [0, 0.1) is 19.7 Å². The Hall–Kier alpha value is -1.68. The quantitative estimate of drug-likeness (QED) is 0.909. The smallest absolute Gasteiger partial charge is 0.123 e. The Labute approximate surface area is 119 Å². The summed E-state index contributed by atoms with van der Waals surface area (Å²) < 4.78 is 14.9. The van der Waals surface area contributed by atoms with Crippen molar-refractivity contribution in [3.05, 3.63) is 52.6 Å². The Morgan fingerprint density at radius 2 is 1.90 bits per heavy atom. The van der Waals surface area contributed by atoms with Crippen molar-refractivity contribution in [2.75, 3.05) is 7.05 Å². The number of halogens is 1. The van der Waals surface area contributed by atoms with E-state index in [9.17, 15) is 4.39 Å². The molecule has 1 aromatic carbocycles. The first kappa shape index (κ1) is 14.7. The van der Waals surface area contributed by atoms with Crippen molar-refractivity contribution in [1.29, 1.82) is 0 Å². The van der Waals surface area contributed by atoms with Crippen molar-refractivity contribution in [3.63, 3.8) is 0 Å². The third-order valence-corrected chi connectivity index (χ3v) is 3.96. The summed E-state index contributed by atoms with van der Waals surface area (Å²) >= 11 is 0. The van der Waals surface area contributed by atoms with Crippen molar-refractivity contribution in [2.24, 2.45) is 7.05 Å². The lowest BCUT2D eigenvalue weighted by atomic mass is 9.98. The van der Waals surface area contributed by atoms with E-state index >= 15 is 0 Å². The fourth-order valence-electron chi connectivity index (χ4n) is 2.64. The third-order valence-electron chi connectivity index (χ3n) is 3.96. The van der Waals surface area contributed by atoms with E-state index in [1.54, 1.807) is 0 Å². The fraction of sp³-hybridized carbons (Fsp3) is 0.438. The molecule has 1 unspecified atom stereocenters. The molecular formula is C16H22FN3. The molecule has 20 heavy (non-hydrogen) atoms. The minimum Gasteiger partial charge on any atom is -0.313 e. The van der Waals surface area contributed by atoms with E-state index in [1.165, 1.54) is 23.4 Å². The van der Waals surface area contributed by atoms with Crippen LogP contribution in [0.3, 0.4) is 0 Å². The zero-order valence-electron chi connectivity index (χ0n) is 12.6. The van der Waals surface area contributed by atoms with Gasteiger partial charge in [-0.05, 0) is 57.0 Å². The third kappa shape index (κ3) is 3.07. The lowest BCUT2D eigenvalue weighted by Crippen LogP contribution is -2.17. The summed E-state index contributed by atoms with van der Waals surface area (Å²) in [6.45, 7) is 4.15. The molecule has 0 amide bonds. The van der Waals surface area contributed by atoms with Gasteiger partial charge in [-0.25, -0.2) is 4.39 Å². The Kier molecular flexibility index (Phi) is 4.55. The van der Waals surface area contributed by atoms with Crippen molar-refractivity contribution in [1.82, 2.24) is 15.1 Å². The number of hydrogen-bond acceptors (Lipinski definition) is 2. The van der Waals surface area contributed by atoms with Gasteiger partial charge in [-0.1, -0.05) is 12.1 Å². The number of benzene rings is 1. The Balaban J connectivity index is 2.09. The molecule has 0 radical (unpaired) electrons. The summed E-state index contributed by atoms with van der Waals surface area (Å²) in [4.78, 5) is 0. The predicted molar refractivity (Wildman–Crippen MR) is 79.2 cm³/mol. The van der Waals surface area contributed by atoms with E-state index in [-0.39, 0.29) is 11.9 Å². The highest BCUT2D eigenvalue weighted by Crippen LogP contribution is 2.22. The first-order valence-electron chi connectivity index (χ1n) is 6.94. The van der Waals surface area contributed by atoms with Crippen molar-refractivity contribution in [3.8, 4) is 0 Å². The van der Waals surface area contributed by atoms with Gasteiger partial charge in [0, 0.05) is 18.8 Å². The van der Waals surface area contributed by atoms with Gasteiger partial charge in [-0.3, -0.25) is 4.68 Å². The number of hydrogen-bond donors (Lipinski definition) is 1. The highest BCUT2D eigenvalue weighted by molar-refractivity contribution is 5.26. The monoisotopic (exact) mass is 275 g/mol. The van der Waals surface area contributed by atoms with E-state index in [0.717, 1.165) is 24.1 Å². The summed E-state index contributed by atoms with van der Waals surface area (Å²) in [5.74, 6) is -0.192. The molecule has 2 aromatic rings. The number of rotatable bonds is 5. The number of aryl methyl sites for hydroxylation is 2. The van der Waals surface area contributed by atoms with E-state index in [1.807, 2.05) is 30.9 Å². The van der Waals surface area contributed by atoms with Crippen molar-refractivity contribution >= 4 is 0 Å². The molecule has 0 spiro atoms. The maximum atomic E-state index is 13.0. The van der Waals surface area contributed by atoms with E-state index < -0.39 is 0 Å². The van der Waals surface area contributed by atoms with Crippen LogP contribution in [0.25, 0.3) is 0 Å². The lowest BCUT2D eigenvalue weighted by Gasteiger charge is -2.16. The molecule has 1 N–H and O–H groups in total. The average Bonchev–Trinajstić information content (AvgIpc) is 2.67. The summed E-state index contributed by atoms with van der Waals surface area (Å²) in [5, 5.41) is 7.75. The van der Waals surface area contributed by atoms with Gasteiger partial charge in [-0.15, -0.1) is 0 Å². The van der Waals surface area contributed by atoms with Crippen LogP contribution >= 0.6 is 0 Å². The molecule has 108 valence electrons. The second kappa shape index (κ2) is 6.18. The summed E-state index contributed by atoms with van der Waals surface area (Å²) in [7, 11) is 3.92. The first-order chi connectivity index (χ1) is 9.52. The zero-order valence-corrected chi connectivity index (χ0v) is 12.6. The second-order valence-corrected chi connectivity index (χ2v) is 5.20. The van der Waals surface area contributed by atoms with Crippen LogP contribution in [0.4, 0.5) is 4.39 Å². The zero-order chi connectivity index (χ0) is 14.7. The molecule has 1 heterocycles. The standard InChI is InChI=1S/C16H22FN3/c1-11-15(12(2)20(4)19-11)9-10-16(18-3)13-5-7-14(17)8-6-13/h5-8,16,18H,9-10H2,1-4H3. The van der Waals surface area contributed by atoms with Crippen molar-refractivity contribution < 1.29 is 4.39 Å². The summed E-state index contributed by atoms with van der Waals surface area (Å²) in [6.07, 6.45) is 1.93. The Morgan fingerprint density at radius 3 is 2.40 bits per heavy atom. The first-order valence-corrected chi connectivity index (χ1v) is 6.94. The Bertz CT molecular complexity index is 572. The van der Waals surface area contributed by atoms with Crippen LogP contribution in [-0.2, 0) is 13.5 Å². The molecule has 0 aliphatic heterocycles. The minimum absolute atomic E-state index is 0.192. The van der Waals surface area contributed by atoms with Crippen LogP contribution < -0.4 is 5.32 Å². The molecule has 0 saturated heterocycles. The maximum Gasteiger partial charge on any atom is 0.123 e. The molecule has 0 fully saturated rings. The van der Waals surface area contributed by atoms with Crippen LogP contribution in [0.2, 0.25) is 0 Å². The van der Waals surface area contributed by atoms with Gasteiger partial charge in [0.25, 0.3) is 0 Å². The molecule has 0 aliphatic rings. The van der Waals surface area contributed by atoms with Gasteiger partial charge < -0.3 is 5.32 Å². The van der Waals surface area contributed by atoms with Crippen LogP contribution in [0.15, 0.2) is 24.3 Å². The molecule has 3 nitrogen and oxygen atoms in total. The number of aromatic nitrogens is 2. The van der Waals surface area contributed by atoms with Gasteiger partial charge in [0.05, 0.1) is 5.69 Å². The van der Waals surface area contributed by atoms with Crippen molar-refractivity contribution in [2.45, 2.75) is 32.7 Å². The largest absolute Gasteiger partial charge is 0.313 e. The second-order valence-electron chi connectivity index (χ2n) is 5.20. The summed E-state index contributed by atoms with van der Waals surface area (Å²) in [5.41, 5.74) is 4.75. The number of nitrogens with zero attached hydrogens (tertiary/aromatic N) is 2. The molecule has 0 aliphatic carbocycles. The van der Waals surface area contributed by atoms with Crippen LogP contribution in [0.5, 0.6) is 0 Å². The van der Waals surface area contributed by atoms with E-state index in [0.29, 0.717) is 0 Å². The minimum atomic E-state index is -0.192. The Morgan fingerprint density at radius 1 is 1.25 bits per heavy atom. The average molecular weight is 275 g/mol.